The van der Waals surface area contributed by atoms with Crippen molar-refractivity contribution in [2.24, 2.45) is 0 Å². The van der Waals surface area contributed by atoms with Gasteiger partial charge in [0.2, 0.25) is 0 Å². The molecule has 1 fully saturated rings. The van der Waals surface area contributed by atoms with Crippen molar-refractivity contribution >= 4 is 17.7 Å². The van der Waals surface area contributed by atoms with Crippen LogP contribution in [0.15, 0.2) is 84.4 Å². The van der Waals surface area contributed by atoms with Gasteiger partial charge in [0.15, 0.2) is 0 Å². The molecule has 0 aromatic heterocycles. The molecule has 0 saturated carbocycles. The second-order valence-corrected chi connectivity index (χ2v) is 9.83. The van der Waals surface area contributed by atoms with Crippen molar-refractivity contribution in [1.29, 1.82) is 0 Å². The van der Waals surface area contributed by atoms with E-state index in [0.717, 1.165) is 0 Å². The molecule has 3 aromatic rings. The lowest BCUT2D eigenvalue weighted by molar-refractivity contribution is 0.251. The third-order valence-electron chi connectivity index (χ3n) is 7.50. The van der Waals surface area contributed by atoms with E-state index in [2.05, 4.69) is 95.9 Å². The van der Waals surface area contributed by atoms with Crippen LogP contribution in [0.4, 0.5) is 0 Å². The van der Waals surface area contributed by atoms with Gasteiger partial charge in [-0.15, -0.1) is 0 Å². The van der Waals surface area contributed by atoms with Crippen molar-refractivity contribution < 1.29 is 0 Å². The largest absolute Gasteiger partial charge is 0.303 e. The molecule has 174 valence electrons. The summed E-state index contributed by atoms with van der Waals surface area (Å²) in [6.07, 6.45) is 14.9. The predicted molar refractivity (Wildman–Crippen MR) is 147 cm³/mol. The lowest BCUT2D eigenvalue weighted by Crippen LogP contribution is -2.32. The minimum absolute atomic E-state index is 1.19. The Morgan fingerprint density at radius 1 is 0.559 bits per heavy atom. The first-order valence-corrected chi connectivity index (χ1v) is 13.2. The van der Waals surface area contributed by atoms with E-state index in [1.165, 1.54) is 104 Å². The summed E-state index contributed by atoms with van der Waals surface area (Å²) in [5, 5.41) is 0. The maximum Gasteiger partial charge on any atom is 0.00190 e. The molecule has 34 heavy (non-hydrogen) atoms. The summed E-state index contributed by atoms with van der Waals surface area (Å²) in [6, 6.07) is 28.8. The number of nitrogens with zero attached hydrogens (tertiary/aromatic N) is 1. The SMILES string of the molecule is C1=Cc2ccccc2C(=C2CCN(CCCCCCCc3ccccc3)CC2)c2ccccc21. The summed E-state index contributed by atoms with van der Waals surface area (Å²) in [5.41, 5.74) is 10.1. The molecule has 1 aliphatic heterocycles. The van der Waals surface area contributed by atoms with Crippen LogP contribution in [0.2, 0.25) is 0 Å². The van der Waals surface area contributed by atoms with Crippen molar-refractivity contribution in [3.05, 3.63) is 112 Å². The fraction of sp³-hybridized carbons (Fsp3) is 0.333. The lowest BCUT2D eigenvalue weighted by Gasteiger charge is -2.30. The van der Waals surface area contributed by atoms with Crippen LogP contribution in [0.25, 0.3) is 17.7 Å². The molecule has 0 N–H and O–H groups in total. The highest BCUT2D eigenvalue weighted by molar-refractivity contribution is 5.94. The molecular weight excluding hydrogens is 410 g/mol. The monoisotopic (exact) mass is 447 g/mol. The van der Waals surface area contributed by atoms with E-state index >= 15 is 0 Å². The Bertz CT molecular complexity index is 1080. The van der Waals surface area contributed by atoms with Crippen LogP contribution in [0.5, 0.6) is 0 Å². The molecule has 0 unspecified atom stereocenters. The molecule has 1 heteroatoms. The topological polar surface area (TPSA) is 3.24 Å². The van der Waals surface area contributed by atoms with Gasteiger partial charge in [-0.05, 0) is 72.0 Å². The molecule has 0 amide bonds. The van der Waals surface area contributed by atoms with E-state index in [4.69, 9.17) is 0 Å². The van der Waals surface area contributed by atoms with E-state index in [-0.39, 0.29) is 0 Å². The van der Waals surface area contributed by atoms with Crippen LogP contribution in [0.1, 0.15) is 72.8 Å². The lowest BCUT2D eigenvalue weighted by atomic mass is 9.86. The molecule has 1 aliphatic carbocycles. The van der Waals surface area contributed by atoms with E-state index in [1.54, 1.807) is 5.57 Å². The fourth-order valence-corrected chi connectivity index (χ4v) is 5.58. The Kier molecular flexibility index (Phi) is 7.73. The van der Waals surface area contributed by atoms with Crippen molar-refractivity contribution in [3.8, 4) is 0 Å². The van der Waals surface area contributed by atoms with Crippen LogP contribution in [-0.4, -0.2) is 24.5 Å². The normalized spacial score (nSPS) is 15.6. The molecule has 1 saturated heterocycles. The van der Waals surface area contributed by atoms with Crippen LogP contribution in [0, 0.1) is 0 Å². The van der Waals surface area contributed by atoms with Gasteiger partial charge >= 0.3 is 0 Å². The number of likely N-dealkylation sites (tertiary alicyclic amines) is 1. The summed E-state index contributed by atoms with van der Waals surface area (Å²) >= 11 is 0. The second kappa shape index (κ2) is 11.5. The first-order chi connectivity index (χ1) is 16.9. The number of benzene rings is 3. The van der Waals surface area contributed by atoms with Gasteiger partial charge in [0.1, 0.15) is 0 Å². The summed E-state index contributed by atoms with van der Waals surface area (Å²) in [5.74, 6) is 0. The Balaban J connectivity index is 1.13. The molecule has 0 bridgehead atoms. The van der Waals surface area contributed by atoms with Gasteiger partial charge in [-0.1, -0.05) is 116 Å². The average Bonchev–Trinajstić information content (AvgIpc) is 3.06. The smallest absolute Gasteiger partial charge is 0.00190 e. The zero-order valence-electron chi connectivity index (χ0n) is 20.4. The number of hydrogen-bond acceptors (Lipinski definition) is 1. The number of unbranched alkanes of at least 4 members (excludes halogenated alkanes) is 4. The van der Waals surface area contributed by atoms with Crippen LogP contribution < -0.4 is 0 Å². The maximum absolute atomic E-state index is 2.70. The van der Waals surface area contributed by atoms with Crippen LogP contribution in [-0.2, 0) is 6.42 Å². The second-order valence-electron chi connectivity index (χ2n) is 9.83. The molecule has 0 atom stereocenters. The van der Waals surface area contributed by atoms with Gasteiger partial charge < -0.3 is 4.90 Å². The van der Waals surface area contributed by atoms with Crippen molar-refractivity contribution in [3.63, 3.8) is 0 Å². The average molecular weight is 448 g/mol. The van der Waals surface area contributed by atoms with E-state index < -0.39 is 0 Å². The Morgan fingerprint density at radius 3 is 1.79 bits per heavy atom. The number of hydrogen-bond donors (Lipinski definition) is 0. The molecular formula is C33H37N. The molecule has 2 aliphatic rings. The number of rotatable bonds is 8. The first-order valence-electron chi connectivity index (χ1n) is 13.2. The minimum atomic E-state index is 1.19. The number of piperidine rings is 1. The standard InChI is InChI=1S/C33H37N/c1(2-5-13-27-14-6-4-7-15-27)3-12-24-34-25-22-30(23-26-34)33-31-18-10-8-16-28(31)20-21-29-17-9-11-19-32(29)33/h4,6-11,14-21H,1-3,5,12-13,22-26H2. The minimum Gasteiger partial charge on any atom is -0.303 e. The Labute approximate surface area is 205 Å². The summed E-state index contributed by atoms with van der Waals surface area (Å²) in [4.78, 5) is 2.70. The molecule has 0 radical (unpaired) electrons. The highest BCUT2D eigenvalue weighted by atomic mass is 15.1. The number of aryl methyl sites for hydroxylation is 1. The van der Waals surface area contributed by atoms with Gasteiger partial charge in [0, 0.05) is 13.1 Å². The fourth-order valence-electron chi connectivity index (χ4n) is 5.58. The van der Waals surface area contributed by atoms with Crippen molar-refractivity contribution in [1.82, 2.24) is 4.90 Å². The Morgan fingerprint density at radius 2 is 1.12 bits per heavy atom. The Hall–Kier alpha value is -2.90. The van der Waals surface area contributed by atoms with Crippen LogP contribution in [0.3, 0.4) is 0 Å². The highest BCUT2D eigenvalue weighted by Crippen LogP contribution is 2.38. The zero-order chi connectivity index (χ0) is 23.0. The molecule has 0 spiro atoms. The van der Waals surface area contributed by atoms with Crippen molar-refractivity contribution in [2.75, 3.05) is 19.6 Å². The van der Waals surface area contributed by atoms with Gasteiger partial charge in [0.25, 0.3) is 0 Å². The maximum atomic E-state index is 2.70. The molecule has 5 rings (SSSR count). The summed E-state index contributed by atoms with van der Waals surface area (Å²) in [6.45, 7) is 3.66. The quantitative estimate of drug-likeness (QED) is 0.246. The van der Waals surface area contributed by atoms with E-state index in [1.807, 2.05) is 0 Å². The van der Waals surface area contributed by atoms with Gasteiger partial charge in [0.05, 0.1) is 0 Å². The third kappa shape index (κ3) is 5.59. The number of fused-ring (bicyclic) bond motifs is 2. The summed E-state index contributed by atoms with van der Waals surface area (Å²) < 4.78 is 0. The summed E-state index contributed by atoms with van der Waals surface area (Å²) in [7, 11) is 0. The van der Waals surface area contributed by atoms with E-state index in [9.17, 15) is 0 Å². The molecule has 3 aromatic carbocycles. The molecule has 1 nitrogen and oxygen atoms in total. The van der Waals surface area contributed by atoms with E-state index in [0.29, 0.717) is 0 Å². The van der Waals surface area contributed by atoms with Gasteiger partial charge in [-0.25, -0.2) is 0 Å². The van der Waals surface area contributed by atoms with Crippen LogP contribution >= 0.6 is 0 Å². The van der Waals surface area contributed by atoms with Gasteiger partial charge in [-0.3, -0.25) is 0 Å². The molecule has 1 heterocycles. The highest BCUT2D eigenvalue weighted by Gasteiger charge is 2.22. The first kappa shape index (κ1) is 22.9. The third-order valence-corrected chi connectivity index (χ3v) is 7.50. The van der Waals surface area contributed by atoms with Gasteiger partial charge in [-0.2, -0.15) is 0 Å². The predicted octanol–water partition coefficient (Wildman–Crippen LogP) is 8.26. The van der Waals surface area contributed by atoms with Crippen molar-refractivity contribution in [2.45, 2.75) is 51.4 Å². The zero-order valence-corrected chi connectivity index (χ0v) is 20.4.